The van der Waals surface area contributed by atoms with Crippen molar-refractivity contribution in [2.45, 2.75) is 31.1 Å². The van der Waals surface area contributed by atoms with E-state index in [9.17, 15) is 4.79 Å². The van der Waals surface area contributed by atoms with Gasteiger partial charge in [0.2, 0.25) is 0 Å². The van der Waals surface area contributed by atoms with E-state index in [-0.39, 0.29) is 16.9 Å². The van der Waals surface area contributed by atoms with Gasteiger partial charge in [-0.2, -0.15) is 0 Å². The lowest BCUT2D eigenvalue weighted by Crippen LogP contribution is -2.09. The first kappa shape index (κ1) is 15.2. The van der Waals surface area contributed by atoms with E-state index in [4.69, 9.17) is 4.74 Å². The van der Waals surface area contributed by atoms with E-state index < -0.39 is 0 Å². The second kappa shape index (κ2) is 6.57. The Hall–Kier alpha value is -1.74. The van der Waals surface area contributed by atoms with Crippen molar-refractivity contribution in [3.8, 4) is 5.75 Å². The average Bonchev–Trinajstić information content (AvgIpc) is 2.56. The van der Waals surface area contributed by atoms with Gasteiger partial charge in [-0.3, -0.25) is 0 Å². The van der Waals surface area contributed by atoms with E-state index in [1.807, 2.05) is 18.2 Å². The molecule has 0 bridgehead atoms. The summed E-state index contributed by atoms with van der Waals surface area (Å²) in [7, 11) is -0.0698. The van der Waals surface area contributed by atoms with Crippen LogP contribution >= 0.6 is 10.9 Å². The van der Waals surface area contributed by atoms with Crippen molar-refractivity contribution in [1.82, 2.24) is 0 Å². The van der Waals surface area contributed by atoms with Crippen molar-refractivity contribution in [1.29, 1.82) is 0 Å². The van der Waals surface area contributed by atoms with Gasteiger partial charge in [-0.15, -0.1) is 0 Å². The van der Waals surface area contributed by atoms with Gasteiger partial charge < -0.3 is 4.74 Å². The van der Waals surface area contributed by atoms with E-state index in [0.717, 1.165) is 5.39 Å². The van der Waals surface area contributed by atoms with Crippen LogP contribution in [0, 0.1) is 0 Å². The number of rotatable bonds is 3. The van der Waals surface area contributed by atoms with Crippen molar-refractivity contribution in [2.24, 2.45) is 0 Å². The predicted molar refractivity (Wildman–Crippen MR) is 95.2 cm³/mol. The number of esters is 1. The van der Waals surface area contributed by atoms with Gasteiger partial charge >= 0.3 is 5.97 Å². The molecule has 3 heteroatoms. The van der Waals surface area contributed by atoms with Crippen molar-refractivity contribution in [3.63, 3.8) is 0 Å². The number of ether oxygens (including phenoxy) is 1. The second-order valence-corrected chi connectivity index (χ2v) is 8.30. The average molecular weight is 314 g/mol. The highest BCUT2D eigenvalue weighted by Gasteiger charge is 2.17. The Balaban J connectivity index is 2.03. The fraction of sp³-hybridized carbons (Fsp3) is 0.316. The smallest absolute Gasteiger partial charge is 0.338 e. The minimum atomic E-state index is -0.360. The molecule has 0 radical (unpaired) electrons. The Bertz CT molecular complexity index is 714. The van der Waals surface area contributed by atoms with Crippen molar-refractivity contribution >= 4 is 27.6 Å². The highest BCUT2D eigenvalue weighted by molar-refractivity contribution is 8.17. The number of benzene rings is 2. The largest absolute Gasteiger partial charge is 0.423 e. The van der Waals surface area contributed by atoms with Crippen molar-refractivity contribution in [3.05, 3.63) is 48.6 Å². The molecule has 0 N–H and O–H groups in total. The maximum absolute atomic E-state index is 11.8. The second-order valence-electron chi connectivity index (χ2n) is 5.85. The summed E-state index contributed by atoms with van der Waals surface area (Å²) in [5.41, 5.74) is 0.421. The van der Waals surface area contributed by atoms with Gasteiger partial charge in [0.15, 0.2) is 0 Å². The molecule has 1 saturated heterocycles. The van der Waals surface area contributed by atoms with E-state index in [2.05, 4.69) is 24.8 Å². The van der Waals surface area contributed by atoms with E-state index >= 15 is 0 Å². The standard InChI is InChI=1S/C19H22O2S/c1-14(2)19(20)21-17-10-11-18(22-12-6-3-7-13-22)16-9-5-4-8-15(16)17/h4-5,8-11,22H,1,3,6-7,12-13H2,2H3. The van der Waals surface area contributed by atoms with Crippen LogP contribution in [0.15, 0.2) is 53.4 Å². The Labute approximate surface area is 134 Å². The van der Waals surface area contributed by atoms with E-state index in [1.54, 1.807) is 6.92 Å². The Kier molecular flexibility index (Phi) is 4.53. The summed E-state index contributed by atoms with van der Waals surface area (Å²) in [6.07, 6.45) is 4.05. The molecule has 0 atom stereocenters. The number of carbonyl (C=O) groups is 1. The summed E-state index contributed by atoms with van der Waals surface area (Å²) in [5.74, 6) is 2.93. The third-order valence-corrected chi connectivity index (χ3v) is 6.89. The molecule has 0 aliphatic carbocycles. The van der Waals surface area contributed by atoms with Crippen LogP contribution in [0.1, 0.15) is 26.2 Å². The molecule has 0 unspecified atom stereocenters. The van der Waals surface area contributed by atoms with Crippen LogP contribution in [0.5, 0.6) is 5.75 Å². The molecular weight excluding hydrogens is 292 g/mol. The summed E-state index contributed by atoms with van der Waals surface area (Å²) >= 11 is 0. The zero-order chi connectivity index (χ0) is 15.5. The summed E-state index contributed by atoms with van der Waals surface area (Å²) < 4.78 is 5.50. The van der Waals surface area contributed by atoms with Crippen LogP contribution in [0.25, 0.3) is 10.8 Å². The Morgan fingerprint density at radius 3 is 2.41 bits per heavy atom. The molecule has 0 saturated carbocycles. The molecule has 1 aliphatic rings. The first-order chi connectivity index (χ1) is 10.7. The minimum absolute atomic E-state index is 0.0698. The van der Waals surface area contributed by atoms with Crippen LogP contribution in [-0.2, 0) is 4.79 Å². The van der Waals surface area contributed by atoms with Gasteiger partial charge in [0, 0.05) is 11.0 Å². The minimum Gasteiger partial charge on any atom is -0.423 e. The molecule has 0 spiro atoms. The Morgan fingerprint density at radius 2 is 1.73 bits per heavy atom. The van der Waals surface area contributed by atoms with Gasteiger partial charge in [-0.25, -0.2) is 15.7 Å². The SMILES string of the molecule is C=C(C)C(=O)Oc1ccc([SH]2CCCCC2)c2ccccc12. The fourth-order valence-electron chi connectivity index (χ4n) is 2.94. The molecule has 2 aromatic rings. The third-order valence-electron chi connectivity index (χ3n) is 4.11. The molecule has 1 aliphatic heterocycles. The fourth-order valence-corrected chi connectivity index (χ4v) is 5.68. The van der Waals surface area contributed by atoms with Gasteiger partial charge in [0.1, 0.15) is 5.75 Å². The van der Waals surface area contributed by atoms with Gasteiger partial charge in [0.05, 0.1) is 0 Å². The molecule has 0 aromatic heterocycles. The molecule has 3 rings (SSSR count). The zero-order valence-electron chi connectivity index (χ0n) is 13.0. The monoisotopic (exact) mass is 314 g/mol. The first-order valence-electron chi connectivity index (χ1n) is 7.81. The highest BCUT2D eigenvalue weighted by atomic mass is 32.2. The van der Waals surface area contributed by atoms with Crippen LogP contribution in [-0.4, -0.2) is 17.5 Å². The zero-order valence-corrected chi connectivity index (χ0v) is 13.9. The highest BCUT2D eigenvalue weighted by Crippen LogP contribution is 2.46. The first-order valence-corrected chi connectivity index (χ1v) is 9.52. The number of thiol groups is 1. The molecular formula is C19H22O2S. The lowest BCUT2D eigenvalue weighted by molar-refractivity contribution is -0.129. The topological polar surface area (TPSA) is 26.3 Å². The molecule has 116 valence electrons. The van der Waals surface area contributed by atoms with Crippen LogP contribution in [0.3, 0.4) is 0 Å². The van der Waals surface area contributed by atoms with Gasteiger partial charge in [0.25, 0.3) is 0 Å². The maximum Gasteiger partial charge on any atom is 0.338 e. The number of hydrogen-bond acceptors (Lipinski definition) is 2. The summed E-state index contributed by atoms with van der Waals surface area (Å²) in [4.78, 5) is 13.3. The van der Waals surface area contributed by atoms with Crippen LogP contribution in [0.4, 0.5) is 0 Å². The van der Waals surface area contributed by atoms with Gasteiger partial charge in [-0.05, 0) is 53.7 Å². The van der Waals surface area contributed by atoms with Crippen molar-refractivity contribution < 1.29 is 9.53 Å². The summed E-state index contributed by atoms with van der Waals surface area (Å²) in [5, 5.41) is 2.27. The lowest BCUT2D eigenvalue weighted by Gasteiger charge is -2.28. The number of hydrogen-bond donors (Lipinski definition) is 1. The number of fused-ring (bicyclic) bond motifs is 1. The molecule has 2 nitrogen and oxygen atoms in total. The third kappa shape index (κ3) is 3.05. The normalized spacial score (nSPS) is 16.5. The van der Waals surface area contributed by atoms with E-state index in [1.165, 1.54) is 41.0 Å². The van der Waals surface area contributed by atoms with Gasteiger partial charge in [-0.1, -0.05) is 37.3 Å². The molecule has 2 aromatic carbocycles. The lowest BCUT2D eigenvalue weighted by atomic mass is 10.1. The van der Waals surface area contributed by atoms with Crippen LogP contribution in [0.2, 0.25) is 0 Å². The van der Waals surface area contributed by atoms with Crippen molar-refractivity contribution in [2.75, 3.05) is 11.5 Å². The van der Waals surface area contributed by atoms with Crippen LogP contribution < -0.4 is 4.74 Å². The maximum atomic E-state index is 11.8. The molecule has 0 amide bonds. The molecule has 1 fully saturated rings. The van der Waals surface area contributed by atoms with E-state index in [0.29, 0.717) is 11.3 Å². The molecule has 22 heavy (non-hydrogen) atoms. The Morgan fingerprint density at radius 1 is 1.05 bits per heavy atom. The number of carbonyl (C=O) groups excluding carboxylic acids is 1. The molecule has 1 heterocycles. The summed E-state index contributed by atoms with van der Waals surface area (Å²) in [6.45, 7) is 5.32. The summed E-state index contributed by atoms with van der Waals surface area (Å²) in [6, 6.07) is 12.4. The quantitative estimate of drug-likeness (QED) is 0.379. The predicted octanol–water partition coefficient (Wildman–Crippen LogP) is 4.87.